The van der Waals surface area contributed by atoms with Gasteiger partial charge in [0.2, 0.25) is 0 Å². The van der Waals surface area contributed by atoms with Crippen molar-refractivity contribution < 1.29 is 13.2 Å². The number of nitrogens with zero attached hydrogens (tertiary/aromatic N) is 1. The fraction of sp³-hybridized carbons (Fsp3) is 0.571. The maximum Gasteiger partial charge on any atom is 0.401 e. The van der Waals surface area contributed by atoms with Crippen LogP contribution in [-0.4, -0.2) is 24.2 Å². The summed E-state index contributed by atoms with van der Waals surface area (Å²) in [6, 6.07) is 6.15. The summed E-state index contributed by atoms with van der Waals surface area (Å²) in [4.78, 5) is 1.47. The summed E-state index contributed by atoms with van der Waals surface area (Å²) in [7, 11) is 0. The molecule has 0 saturated carbocycles. The van der Waals surface area contributed by atoms with Crippen molar-refractivity contribution in [3.63, 3.8) is 0 Å². The molecule has 1 heterocycles. The molecule has 0 spiro atoms. The molecule has 2 rings (SSSR count). The first kappa shape index (κ1) is 13.4. The van der Waals surface area contributed by atoms with Gasteiger partial charge in [-0.1, -0.05) is 32.0 Å². The van der Waals surface area contributed by atoms with Gasteiger partial charge in [0.25, 0.3) is 0 Å². The standard InChI is InChI=1S/C14H18F3N/c1-10(2)11-3-4-13-8-18(9-14(15,16)17)6-5-12(13)7-11/h3-4,7,10H,5-6,8-9H2,1-2H3. The first-order valence-corrected chi connectivity index (χ1v) is 6.26. The van der Waals surface area contributed by atoms with E-state index in [4.69, 9.17) is 0 Å². The smallest absolute Gasteiger partial charge is 0.290 e. The van der Waals surface area contributed by atoms with Gasteiger partial charge in [0, 0.05) is 13.1 Å². The fourth-order valence-corrected chi connectivity index (χ4v) is 2.38. The number of benzene rings is 1. The van der Waals surface area contributed by atoms with Crippen LogP contribution in [-0.2, 0) is 13.0 Å². The highest BCUT2D eigenvalue weighted by molar-refractivity contribution is 5.35. The molecular formula is C14H18F3N. The number of alkyl halides is 3. The molecule has 0 aromatic heterocycles. The van der Waals surface area contributed by atoms with Crippen molar-refractivity contribution in [2.75, 3.05) is 13.1 Å². The molecule has 0 aliphatic carbocycles. The van der Waals surface area contributed by atoms with Gasteiger partial charge in [-0.2, -0.15) is 13.2 Å². The Kier molecular flexibility index (Phi) is 3.66. The summed E-state index contributed by atoms with van der Waals surface area (Å²) in [6.45, 7) is 4.35. The van der Waals surface area contributed by atoms with E-state index in [9.17, 15) is 13.2 Å². The summed E-state index contributed by atoms with van der Waals surface area (Å²) in [6.07, 6.45) is -3.39. The molecule has 0 radical (unpaired) electrons. The van der Waals surface area contributed by atoms with E-state index < -0.39 is 12.7 Å². The van der Waals surface area contributed by atoms with E-state index in [1.807, 2.05) is 12.1 Å². The molecule has 1 aliphatic heterocycles. The Labute approximate surface area is 106 Å². The van der Waals surface area contributed by atoms with Crippen LogP contribution in [0, 0.1) is 0 Å². The van der Waals surface area contributed by atoms with Crippen molar-refractivity contribution in [1.29, 1.82) is 0 Å². The second-order valence-corrected chi connectivity index (χ2v) is 5.26. The number of fused-ring (bicyclic) bond motifs is 1. The fourth-order valence-electron chi connectivity index (χ4n) is 2.38. The zero-order valence-corrected chi connectivity index (χ0v) is 10.7. The lowest BCUT2D eigenvalue weighted by Crippen LogP contribution is -2.38. The van der Waals surface area contributed by atoms with Gasteiger partial charge in [0.15, 0.2) is 0 Å². The first-order valence-electron chi connectivity index (χ1n) is 6.26. The summed E-state index contributed by atoms with van der Waals surface area (Å²) >= 11 is 0. The topological polar surface area (TPSA) is 3.24 Å². The lowest BCUT2D eigenvalue weighted by molar-refractivity contribution is -0.147. The van der Waals surface area contributed by atoms with Gasteiger partial charge >= 0.3 is 6.18 Å². The van der Waals surface area contributed by atoms with Crippen LogP contribution in [0.25, 0.3) is 0 Å². The molecule has 100 valence electrons. The molecule has 0 saturated heterocycles. The molecule has 18 heavy (non-hydrogen) atoms. The van der Waals surface area contributed by atoms with E-state index in [-0.39, 0.29) is 0 Å². The number of rotatable bonds is 2. The number of halogens is 3. The van der Waals surface area contributed by atoms with Gasteiger partial charge in [0.05, 0.1) is 6.54 Å². The van der Waals surface area contributed by atoms with Crippen LogP contribution in [0.4, 0.5) is 13.2 Å². The van der Waals surface area contributed by atoms with Gasteiger partial charge in [-0.25, -0.2) is 0 Å². The third-order valence-electron chi connectivity index (χ3n) is 3.39. The Morgan fingerprint density at radius 3 is 2.56 bits per heavy atom. The third-order valence-corrected chi connectivity index (χ3v) is 3.39. The molecule has 1 nitrogen and oxygen atoms in total. The first-order chi connectivity index (χ1) is 8.35. The average Bonchev–Trinajstić information content (AvgIpc) is 2.26. The van der Waals surface area contributed by atoms with Gasteiger partial charge in [-0.05, 0) is 29.0 Å². The molecule has 4 heteroatoms. The Bertz CT molecular complexity index is 424. The Balaban J connectivity index is 2.11. The molecule has 0 N–H and O–H groups in total. The van der Waals surface area contributed by atoms with Crippen LogP contribution >= 0.6 is 0 Å². The third kappa shape index (κ3) is 3.25. The van der Waals surface area contributed by atoms with Crippen molar-refractivity contribution in [3.8, 4) is 0 Å². The van der Waals surface area contributed by atoms with E-state index in [1.165, 1.54) is 16.0 Å². The molecule has 1 aromatic rings. The average molecular weight is 257 g/mol. The molecule has 0 atom stereocenters. The quantitative estimate of drug-likeness (QED) is 0.780. The monoisotopic (exact) mass is 257 g/mol. The maximum atomic E-state index is 12.3. The van der Waals surface area contributed by atoms with Crippen LogP contribution in [0.15, 0.2) is 18.2 Å². The van der Waals surface area contributed by atoms with E-state index in [0.29, 0.717) is 25.4 Å². The molecule has 0 bridgehead atoms. The lowest BCUT2D eigenvalue weighted by Gasteiger charge is -2.29. The Hall–Kier alpha value is -1.03. The van der Waals surface area contributed by atoms with Gasteiger partial charge in [-0.15, -0.1) is 0 Å². The highest BCUT2D eigenvalue weighted by Gasteiger charge is 2.32. The predicted molar refractivity (Wildman–Crippen MR) is 65.6 cm³/mol. The van der Waals surface area contributed by atoms with Gasteiger partial charge in [0.1, 0.15) is 0 Å². The molecule has 1 aliphatic rings. The van der Waals surface area contributed by atoms with Gasteiger partial charge in [-0.3, -0.25) is 4.90 Å². The van der Waals surface area contributed by atoms with Crippen molar-refractivity contribution >= 4 is 0 Å². The van der Waals surface area contributed by atoms with Crippen LogP contribution in [0.5, 0.6) is 0 Å². The summed E-state index contributed by atoms with van der Waals surface area (Å²) in [5.74, 6) is 0.462. The number of hydrogen-bond donors (Lipinski definition) is 0. The van der Waals surface area contributed by atoms with Crippen LogP contribution in [0.1, 0.15) is 36.5 Å². The number of hydrogen-bond acceptors (Lipinski definition) is 1. The van der Waals surface area contributed by atoms with Crippen LogP contribution < -0.4 is 0 Å². The van der Waals surface area contributed by atoms with Crippen LogP contribution in [0.3, 0.4) is 0 Å². The van der Waals surface area contributed by atoms with E-state index in [2.05, 4.69) is 19.9 Å². The largest absolute Gasteiger partial charge is 0.401 e. The minimum atomic E-state index is -4.10. The minimum absolute atomic E-state index is 0.410. The van der Waals surface area contributed by atoms with Crippen molar-refractivity contribution in [3.05, 3.63) is 34.9 Å². The van der Waals surface area contributed by atoms with Crippen LogP contribution in [0.2, 0.25) is 0 Å². The Morgan fingerprint density at radius 1 is 1.22 bits per heavy atom. The van der Waals surface area contributed by atoms with Gasteiger partial charge < -0.3 is 0 Å². The Morgan fingerprint density at radius 2 is 1.94 bits per heavy atom. The summed E-state index contributed by atoms with van der Waals surface area (Å²) in [5.41, 5.74) is 3.51. The molecule has 0 unspecified atom stereocenters. The SMILES string of the molecule is CC(C)c1ccc2c(c1)CCN(CC(F)(F)F)C2. The zero-order chi connectivity index (χ0) is 13.3. The molecule has 0 amide bonds. The van der Waals surface area contributed by atoms with E-state index in [1.54, 1.807) is 0 Å². The summed E-state index contributed by atoms with van der Waals surface area (Å²) in [5, 5.41) is 0. The highest BCUT2D eigenvalue weighted by atomic mass is 19.4. The minimum Gasteiger partial charge on any atom is -0.290 e. The van der Waals surface area contributed by atoms with E-state index in [0.717, 1.165) is 5.56 Å². The van der Waals surface area contributed by atoms with Crippen molar-refractivity contribution in [1.82, 2.24) is 4.90 Å². The molecule has 0 fully saturated rings. The van der Waals surface area contributed by atoms with Crippen molar-refractivity contribution in [2.45, 2.75) is 38.9 Å². The molecular weight excluding hydrogens is 239 g/mol. The lowest BCUT2D eigenvalue weighted by atomic mass is 9.93. The maximum absolute atomic E-state index is 12.3. The second-order valence-electron chi connectivity index (χ2n) is 5.26. The highest BCUT2D eigenvalue weighted by Crippen LogP contribution is 2.26. The second kappa shape index (κ2) is 4.92. The normalized spacial score (nSPS) is 17.0. The van der Waals surface area contributed by atoms with Crippen molar-refractivity contribution in [2.24, 2.45) is 0 Å². The summed E-state index contributed by atoms with van der Waals surface area (Å²) < 4.78 is 37.0. The van der Waals surface area contributed by atoms with E-state index >= 15 is 0 Å². The molecule has 1 aromatic carbocycles. The zero-order valence-electron chi connectivity index (χ0n) is 10.7. The predicted octanol–water partition coefficient (Wildman–Crippen LogP) is 3.73.